The van der Waals surface area contributed by atoms with Crippen LogP contribution in [0.5, 0.6) is 5.75 Å². The van der Waals surface area contributed by atoms with Crippen molar-refractivity contribution in [2.75, 3.05) is 26.7 Å². The number of nitrogens with two attached hydrogens (primary N) is 1. The molecule has 368 valence electrons. The van der Waals surface area contributed by atoms with Crippen molar-refractivity contribution in [1.82, 2.24) is 20.0 Å². The number of carbonyl (C=O) groups excluding carboxylic acids is 5. The van der Waals surface area contributed by atoms with Gasteiger partial charge in [0.25, 0.3) is 17.1 Å². The fourth-order valence-electron chi connectivity index (χ4n) is 7.38. The zero-order chi connectivity index (χ0) is 50.5. The van der Waals surface area contributed by atoms with Crippen LogP contribution in [0.1, 0.15) is 42.0 Å². The molecule has 5 amide bonds. The fourth-order valence-corrected chi connectivity index (χ4v) is 8.58. The first-order valence-corrected chi connectivity index (χ1v) is 22.5. The second kappa shape index (κ2) is 23.6. The lowest BCUT2D eigenvalue weighted by Crippen LogP contribution is -2.55. The van der Waals surface area contributed by atoms with Crippen LogP contribution in [0.25, 0.3) is 0 Å². The van der Waals surface area contributed by atoms with Crippen molar-refractivity contribution in [3.05, 3.63) is 150 Å². The highest BCUT2D eigenvalue weighted by molar-refractivity contribution is 7.99. The number of nitro groups is 3. The van der Waals surface area contributed by atoms with E-state index in [-0.39, 0.29) is 67.5 Å². The Balaban J connectivity index is 1.12. The van der Waals surface area contributed by atoms with E-state index in [0.717, 1.165) is 5.56 Å². The van der Waals surface area contributed by atoms with Crippen LogP contribution in [0.3, 0.4) is 0 Å². The van der Waals surface area contributed by atoms with E-state index >= 15 is 0 Å². The Labute approximate surface area is 403 Å². The molecule has 2 heterocycles. The van der Waals surface area contributed by atoms with Crippen LogP contribution < -0.4 is 15.8 Å². The monoisotopic (exact) mass is 985 g/mol. The minimum Gasteiger partial charge on any atom is -0.497 e. The molecule has 70 heavy (non-hydrogen) atoms. The molecule has 4 aromatic rings. The minimum atomic E-state index is -1.49. The molecule has 2 saturated heterocycles. The molecule has 24 nitrogen and oxygen atoms in total. The van der Waals surface area contributed by atoms with Gasteiger partial charge in [-0.05, 0) is 90.6 Å². The van der Waals surface area contributed by atoms with E-state index < -0.39 is 69.6 Å². The number of thioether (sulfide) groups is 1. The van der Waals surface area contributed by atoms with Gasteiger partial charge in [-0.15, -0.1) is 4.99 Å². The predicted octanol–water partition coefficient (Wildman–Crippen LogP) is 5.83. The normalized spacial score (nSPS) is 16.9. The van der Waals surface area contributed by atoms with Gasteiger partial charge in [-0.3, -0.25) is 44.8 Å². The summed E-state index contributed by atoms with van der Waals surface area (Å²) in [6.45, 7) is 0.674. The van der Waals surface area contributed by atoms with Crippen molar-refractivity contribution >= 4 is 64.9 Å². The maximum absolute atomic E-state index is 14.3. The van der Waals surface area contributed by atoms with Gasteiger partial charge in [-0.1, -0.05) is 12.1 Å². The Hall–Kier alpha value is -8.35. The average Bonchev–Trinajstić information content (AvgIpc) is 4.02. The lowest BCUT2D eigenvalue weighted by atomic mass is 10.2. The van der Waals surface area contributed by atoms with E-state index in [9.17, 15) is 54.3 Å². The third-order valence-corrected chi connectivity index (χ3v) is 12.5. The van der Waals surface area contributed by atoms with Gasteiger partial charge in [0.05, 0.1) is 21.9 Å². The average molecular weight is 986 g/mol. The summed E-state index contributed by atoms with van der Waals surface area (Å²) in [6, 6.07) is 20.2. The number of guanidine groups is 1. The lowest BCUT2D eigenvalue weighted by Gasteiger charge is -2.28. The van der Waals surface area contributed by atoms with E-state index in [2.05, 4.69) is 10.3 Å². The van der Waals surface area contributed by atoms with E-state index in [1.807, 2.05) is 24.3 Å². The topological polar surface area (TPSA) is 312 Å². The molecule has 0 aliphatic carbocycles. The Morgan fingerprint density at radius 3 is 1.77 bits per heavy atom. The van der Waals surface area contributed by atoms with Crippen molar-refractivity contribution in [1.29, 1.82) is 0 Å². The minimum absolute atomic E-state index is 0.0201. The smallest absolute Gasteiger partial charge is 0.437 e. The number of hydrogen-bond acceptors (Lipinski definition) is 16. The predicted molar refractivity (Wildman–Crippen MR) is 249 cm³/mol. The van der Waals surface area contributed by atoms with E-state index in [1.165, 1.54) is 89.5 Å². The van der Waals surface area contributed by atoms with Crippen LogP contribution in [0.4, 0.5) is 31.4 Å². The maximum Gasteiger partial charge on any atom is 0.437 e. The number of nitrogens with zero attached hydrogens (tertiary/aromatic N) is 7. The Bertz CT molecular complexity index is 2600. The number of benzene rings is 4. The molecule has 4 atom stereocenters. The number of carbonyl (C=O) groups is 5. The quantitative estimate of drug-likeness (QED) is 0.0413. The summed E-state index contributed by atoms with van der Waals surface area (Å²) in [5.74, 6) is -0.684. The largest absolute Gasteiger partial charge is 0.497 e. The first kappa shape index (κ1) is 51.0. The number of nitro benzene ring substituents is 3. The molecule has 4 aromatic carbocycles. The Morgan fingerprint density at radius 2 is 1.26 bits per heavy atom. The second-order valence-corrected chi connectivity index (χ2v) is 17.2. The van der Waals surface area contributed by atoms with Gasteiger partial charge >= 0.3 is 18.3 Å². The highest BCUT2D eigenvalue weighted by Crippen LogP contribution is 2.33. The van der Waals surface area contributed by atoms with Gasteiger partial charge in [0.2, 0.25) is 17.8 Å². The number of hydrogen-bond donors (Lipinski definition) is 2. The summed E-state index contributed by atoms with van der Waals surface area (Å²) < 4.78 is 21.4. The van der Waals surface area contributed by atoms with Gasteiger partial charge in [0, 0.05) is 73.1 Å². The van der Waals surface area contributed by atoms with Crippen molar-refractivity contribution in [3.63, 3.8) is 0 Å². The summed E-state index contributed by atoms with van der Waals surface area (Å²) in [5, 5.41) is 35.9. The van der Waals surface area contributed by atoms with Gasteiger partial charge in [-0.25, -0.2) is 19.3 Å². The van der Waals surface area contributed by atoms with Crippen LogP contribution in [0.2, 0.25) is 0 Å². The van der Waals surface area contributed by atoms with Gasteiger partial charge < -0.3 is 34.9 Å². The van der Waals surface area contributed by atoms with Crippen LogP contribution in [-0.4, -0.2) is 116 Å². The number of methoxy groups -OCH3 is 1. The summed E-state index contributed by atoms with van der Waals surface area (Å²) in [6.07, 6.45) is -2.69. The van der Waals surface area contributed by atoms with Crippen molar-refractivity contribution in [2.24, 2.45) is 10.7 Å². The van der Waals surface area contributed by atoms with Crippen molar-refractivity contribution in [2.45, 2.75) is 68.7 Å². The third-order valence-electron chi connectivity index (χ3n) is 11.2. The SMILES string of the molecule is COc1ccc(CS[C@H]2C[C@@H](C(=O)N3CC[C@H](NC(=O)[C@@H](C)N(C(=O)OCc4ccc([N+](=O)[O-])cc4)C(N)=NC(=O)OCc4ccc([N+](=O)[O-])cc4)C3)N(C(=O)OCc3ccc([N+](=O)[O-])cc3)C2)cc1. The van der Waals surface area contributed by atoms with Crippen molar-refractivity contribution < 1.29 is 57.7 Å². The molecule has 0 bridgehead atoms. The molecule has 2 aliphatic heterocycles. The molecular weight excluding hydrogens is 939 g/mol. The number of likely N-dealkylation sites (tertiary alicyclic amines) is 2. The number of ether oxygens (including phenoxy) is 4. The van der Waals surface area contributed by atoms with Gasteiger partial charge in [-0.2, -0.15) is 11.8 Å². The first-order valence-electron chi connectivity index (χ1n) is 21.4. The maximum atomic E-state index is 14.3. The van der Waals surface area contributed by atoms with E-state index in [0.29, 0.717) is 39.5 Å². The van der Waals surface area contributed by atoms with Gasteiger partial charge in [0.1, 0.15) is 37.7 Å². The highest BCUT2D eigenvalue weighted by Gasteiger charge is 2.44. The first-order chi connectivity index (χ1) is 33.5. The van der Waals surface area contributed by atoms with Crippen LogP contribution in [-0.2, 0) is 49.4 Å². The third kappa shape index (κ3) is 13.6. The van der Waals surface area contributed by atoms with Crippen molar-refractivity contribution in [3.8, 4) is 5.75 Å². The molecular formula is C45H47N9O15S. The molecule has 25 heteroatoms. The Kier molecular flexibility index (Phi) is 17.2. The van der Waals surface area contributed by atoms with Crippen LogP contribution in [0.15, 0.2) is 102 Å². The molecule has 2 aliphatic rings. The van der Waals surface area contributed by atoms with Gasteiger partial charge in [0.15, 0.2) is 0 Å². The number of rotatable bonds is 17. The number of non-ortho nitro benzene ring substituents is 3. The molecule has 2 fully saturated rings. The molecule has 0 unspecified atom stereocenters. The van der Waals surface area contributed by atoms with Crippen LogP contribution >= 0.6 is 11.8 Å². The van der Waals surface area contributed by atoms with E-state index in [4.69, 9.17) is 24.7 Å². The van der Waals surface area contributed by atoms with Crippen LogP contribution in [0, 0.1) is 30.3 Å². The Morgan fingerprint density at radius 1 is 0.757 bits per heavy atom. The molecule has 0 saturated carbocycles. The number of nitrogens with one attached hydrogen (secondary N) is 1. The summed E-state index contributed by atoms with van der Waals surface area (Å²) in [7, 11) is 1.57. The van der Waals surface area contributed by atoms with E-state index in [1.54, 1.807) is 18.9 Å². The highest BCUT2D eigenvalue weighted by atomic mass is 32.2. The zero-order valence-corrected chi connectivity index (χ0v) is 38.5. The zero-order valence-electron chi connectivity index (χ0n) is 37.7. The molecule has 0 radical (unpaired) electrons. The standard InChI is InChI=1S/C45H47N9O15S/c1-28(51(45(59)69-26-31-7-15-36(16-8-31)54(64)65)42(46)48-43(57)67-24-29-3-11-34(12-4-29)52(60)61)40(55)47-33-19-20-49(22-33)41(56)39-21-38(70-27-32-9-17-37(66-2)18-10-32)23-50(39)44(58)68-25-30-5-13-35(14-6-30)53(62)63/h3-18,28,33,38-39H,19-27H2,1-2H3,(H,47,55)(H2,46,48,57)/t28-,33+,38+,39+/m1/s1. The summed E-state index contributed by atoms with van der Waals surface area (Å²) >= 11 is 1.57. The second-order valence-electron chi connectivity index (χ2n) is 15.9. The lowest BCUT2D eigenvalue weighted by molar-refractivity contribution is -0.385. The molecule has 6 rings (SSSR count). The number of amides is 5. The number of aliphatic imine (C=N–C) groups is 1. The summed E-state index contributed by atoms with van der Waals surface area (Å²) in [5.41, 5.74) is 7.84. The summed E-state index contributed by atoms with van der Waals surface area (Å²) in [4.78, 5) is 107. The molecule has 0 aromatic heterocycles. The molecule has 3 N–H and O–H groups in total. The molecule has 0 spiro atoms. The fraction of sp³-hybridized carbons (Fsp3) is 0.333.